The van der Waals surface area contributed by atoms with Crippen molar-refractivity contribution in [2.75, 3.05) is 0 Å². The van der Waals surface area contributed by atoms with Gasteiger partial charge in [0.1, 0.15) is 6.07 Å². The molecule has 0 unspecified atom stereocenters. The third-order valence-electron chi connectivity index (χ3n) is 2.84. The number of hydrogen-bond acceptors (Lipinski definition) is 3. The second kappa shape index (κ2) is 6.34. The van der Waals surface area contributed by atoms with Crippen molar-refractivity contribution in [3.8, 4) is 6.07 Å². The molecule has 1 aromatic heterocycles. The molecule has 0 spiro atoms. The predicted octanol–water partition coefficient (Wildman–Crippen LogP) is 3.47. The molecule has 92 valence electrons. The fraction of sp³-hybridized carbons (Fsp3) is 0.267. The van der Waals surface area contributed by atoms with Crippen LogP contribution in [-0.4, -0.2) is 0 Å². The van der Waals surface area contributed by atoms with E-state index in [4.69, 9.17) is 5.26 Å². The van der Waals surface area contributed by atoms with Gasteiger partial charge in [0.15, 0.2) is 0 Å². The molecule has 0 bridgehead atoms. The summed E-state index contributed by atoms with van der Waals surface area (Å²) in [6.07, 6.45) is 1.08. The van der Waals surface area contributed by atoms with Gasteiger partial charge in [0.25, 0.3) is 0 Å². The highest BCUT2D eigenvalue weighted by atomic mass is 32.1. The van der Waals surface area contributed by atoms with Gasteiger partial charge in [0.2, 0.25) is 0 Å². The largest absolute Gasteiger partial charge is 0.308 e. The van der Waals surface area contributed by atoms with Gasteiger partial charge in [-0.1, -0.05) is 31.2 Å². The van der Waals surface area contributed by atoms with Gasteiger partial charge >= 0.3 is 0 Å². The van der Waals surface area contributed by atoms with E-state index in [0.29, 0.717) is 0 Å². The number of nitriles is 1. The van der Waals surface area contributed by atoms with Gasteiger partial charge in [-0.3, -0.25) is 0 Å². The van der Waals surface area contributed by atoms with Gasteiger partial charge in [-0.25, -0.2) is 0 Å². The zero-order chi connectivity index (χ0) is 12.8. The van der Waals surface area contributed by atoms with Crippen molar-refractivity contribution >= 4 is 11.3 Å². The number of benzene rings is 1. The molecule has 0 amide bonds. The first-order chi connectivity index (χ1) is 8.81. The number of nitrogens with one attached hydrogen (secondary N) is 1. The lowest BCUT2D eigenvalue weighted by Gasteiger charge is -2.04. The van der Waals surface area contributed by atoms with Crippen LogP contribution in [-0.2, 0) is 19.5 Å². The Labute approximate surface area is 112 Å². The Bertz CT molecular complexity index is 534. The van der Waals surface area contributed by atoms with E-state index in [2.05, 4.69) is 42.6 Å². The predicted molar refractivity (Wildman–Crippen MR) is 75.4 cm³/mol. The lowest BCUT2D eigenvalue weighted by molar-refractivity contribution is 0.700. The highest BCUT2D eigenvalue weighted by Gasteiger charge is 1.99. The average Bonchev–Trinajstić information content (AvgIpc) is 2.87. The summed E-state index contributed by atoms with van der Waals surface area (Å²) in [7, 11) is 0. The maximum Gasteiger partial charge on any atom is 0.100 e. The number of rotatable bonds is 5. The number of nitrogens with zero attached hydrogens (tertiary/aromatic N) is 1. The second-order valence-electron chi connectivity index (χ2n) is 4.19. The van der Waals surface area contributed by atoms with Crippen LogP contribution in [0.4, 0.5) is 0 Å². The van der Waals surface area contributed by atoms with Crippen molar-refractivity contribution in [2.24, 2.45) is 0 Å². The zero-order valence-electron chi connectivity index (χ0n) is 10.4. The quantitative estimate of drug-likeness (QED) is 0.889. The summed E-state index contributed by atoms with van der Waals surface area (Å²) in [6, 6.07) is 12.8. The van der Waals surface area contributed by atoms with Crippen LogP contribution in [0.15, 0.2) is 35.7 Å². The van der Waals surface area contributed by atoms with Gasteiger partial charge in [-0.05, 0) is 23.6 Å². The topological polar surface area (TPSA) is 35.8 Å². The Hall–Kier alpha value is -1.63. The molecular formula is C15H16N2S. The van der Waals surface area contributed by atoms with Crippen LogP contribution in [0.1, 0.15) is 28.5 Å². The Kier molecular flexibility index (Phi) is 4.52. The van der Waals surface area contributed by atoms with Crippen LogP contribution < -0.4 is 5.32 Å². The average molecular weight is 256 g/mol. The molecule has 0 radical (unpaired) electrons. The summed E-state index contributed by atoms with van der Waals surface area (Å²) < 4.78 is 0. The molecule has 2 rings (SSSR count). The van der Waals surface area contributed by atoms with Gasteiger partial charge in [0.05, 0.1) is 5.56 Å². The van der Waals surface area contributed by atoms with Crippen LogP contribution in [0.3, 0.4) is 0 Å². The fourth-order valence-corrected chi connectivity index (χ4v) is 2.53. The van der Waals surface area contributed by atoms with Crippen molar-refractivity contribution < 1.29 is 0 Å². The smallest absolute Gasteiger partial charge is 0.100 e. The molecule has 2 nitrogen and oxygen atoms in total. The van der Waals surface area contributed by atoms with Crippen molar-refractivity contribution in [3.63, 3.8) is 0 Å². The van der Waals surface area contributed by atoms with Gasteiger partial charge < -0.3 is 5.32 Å². The van der Waals surface area contributed by atoms with Gasteiger partial charge in [-0.15, -0.1) is 11.3 Å². The van der Waals surface area contributed by atoms with E-state index in [1.165, 1.54) is 16.0 Å². The molecule has 0 aliphatic rings. The number of hydrogen-bond donors (Lipinski definition) is 1. The monoisotopic (exact) mass is 256 g/mol. The summed E-state index contributed by atoms with van der Waals surface area (Å²) in [4.78, 5) is 1.21. The molecular weight excluding hydrogens is 240 g/mol. The molecule has 2 aromatic rings. The summed E-state index contributed by atoms with van der Waals surface area (Å²) in [6.45, 7) is 3.85. The molecule has 18 heavy (non-hydrogen) atoms. The first kappa shape index (κ1) is 12.8. The molecule has 0 atom stereocenters. The normalized spacial score (nSPS) is 10.2. The molecule has 0 fully saturated rings. The van der Waals surface area contributed by atoms with Crippen LogP contribution in [0.2, 0.25) is 0 Å². The molecule has 0 saturated carbocycles. The van der Waals surface area contributed by atoms with Crippen LogP contribution in [0, 0.1) is 11.3 Å². The van der Waals surface area contributed by atoms with E-state index in [1.807, 2.05) is 11.4 Å². The van der Waals surface area contributed by atoms with Crippen LogP contribution >= 0.6 is 11.3 Å². The summed E-state index contributed by atoms with van der Waals surface area (Å²) in [5.41, 5.74) is 3.42. The minimum Gasteiger partial charge on any atom is -0.308 e. The first-order valence-corrected chi connectivity index (χ1v) is 6.96. The molecule has 0 aliphatic heterocycles. The van der Waals surface area contributed by atoms with Crippen molar-refractivity contribution in [3.05, 3.63) is 57.3 Å². The van der Waals surface area contributed by atoms with Crippen LogP contribution in [0.5, 0.6) is 0 Å². The molecule has 1 N–H and O–H groups in total. The maximum absolute atomic E-state index is 8.74. The van der Waals surface area contributed by atoms with E-state index in [9.17, 15) is 0 Å². The van der Waals surface area contributed by atoms with Crippen molar-refractivity contribution in [1.29, 1.82) is 5.26 Å². The molecule has 1 heterocycles. The third-order valence-corrected chi connectivity index (χ3v) is 3.78. The van der Waals surface area contributed by atoms with Gasteiger partial charge in [-0.2, -0.15) is 5.26 Å². The van der Waals surface area contributed by atoms with E-state index < -0.39 is 0 Å². The summed E-state index contributed by atoms with van der Waals surface area (Å²) in [5, 5.41) is 14.0. The maximum atomic E-state index is 8.74. The molecule has 0 aliphatic carbocycles. The Balaban J connectivity index is 1.82. The minimum atomic E-state index is 0.754. The van der Waals surface area contributed by atoms with E-state index in [-0.39, 0.29) is 0 Å². The highest BCUT2D eigenvalue weighted by Crippen LogP contribution is 2.13. The third kappa shape index (κ3) is 3.43. The zero-order valence-corrected chi connectivity index (χ0v) is 11.3. The first-order valence-electron chi connectivity index (χ1n) is 6.08. The van der Waals surface area contributed by atoms with Crippen molar-refractivity contribution in [2.45, 2.75) is 26.4 Å². The Morgan fingerprint density at radius 2 is 1.89 bits per heavy atom. The standard InChI is InChI=1S/C15H16N2S/c1-2-12-3-5-13(6-4-12)9-17-10-15-7-14(8-16)11-18-15/h3-7,11,17H,2,9-10H2,1H3. The van der Waals surface area contributed by atoms with Gasteiger partial charge in [0, 0.05) is 23.3 Å². The number of thiophene rings is 1. The van der Waals surface area contributed by atoms with E-state index in [0.717, 1.165) is 25.1 Å². The van der Waals surface area contributed by atoms with Crippen molar-refractivity contribution in [1.82, 2.24) is 5.32 Å². The summed E-state index contributed by atoms with van der Waals surface area (Å²) >= 11 is 1.63. The number of aryl methyl sites for hydroxylation is 1. The Morgan fingerprint density at radius 1 is 1.17 bits per heavy atom. The van der Waals surface area contributed by atoms with E-state index >= 15 is 0 Å². The lowest BCUT2D eigenvalue weighted by Crippen LogP contribution is -2.11. The lowest BCUT2D eigenvalue weighted by atomic mass is 10.1. The highest BCUT2D eigenvalue weighted by molar-refractivity contribution is 7.10. The minimum absolute atomic E-state index is 0.754. The second-order valence-corrected chi connectivity index (χ2v) is 5.18. The SMILES string of the molecule is CCc1ccc(CNCc2cc(C#N)cs2)cc1. The van der Waals surface area contributed by atoms with E-state index in [1.54, 1.807) is 11.3 Å². The Morgan fingerprint density at radius 3 is 2.50 bits per heavy atom. The molecule has 0 saturated heterocycles. The summed E-state index contributed by atoms with van der Waals surface area (Å²) in [5.74, 6) is 0. The molecule has 3 heteroatoms. The fourth-order valence-electron chi connectivity index (χ4n) is 1.75. The molecule has 1 aromatic carbocycles. The van der Waals surface area contributed by atoms with Crippen LogP contribution in [0.25, 0.3) is 0 Å².